The number of carbonyl (C=O) groups excluding carboxylic acids is 1. The zero-order valence-electron chi connectivity index (χ0n) is 24.7. The van der Waals surface area contributed by atoms with Crippen molar-refractivity contribution >= 4 is 5.78 Å². The first-order chi connectivity index (χ1) is 21.8. The molecule has 0 saturated carbocycles. The number of hydrogen-bond donors (Lipinski definition) is 0. The zero-order valence-corrected chi connectivity index (χ0v) is 24.7. The summed E-state index contributed by atoms with van der Waals surface area (Å²) in [7, 11) is 0. The number of benzene rings is 3. The fraction of sp³-hybridized carbons (Fsp3) is 0.424. The van der Waals surface area contributed by atoms with E-state index >= 15 is 0 Å². The topological polar surface area (TPSA) is 109 Å². The van der Waals surface area contributed by atoms with Gasteiger partial charge >= 0.3 is 0 Å². The van der Waals surface area contributed by atoms with E-state index in [1.165, 1.54) is 0 Å². The van der Waals surface area contributed by atoms with Gasteiger partial charge in [-0.3, -0.25) is 4.79 Å². The van der Waals surface area contributed by atoms with Crippen LogP contribution in [-0.2, 0) is 18.9 Å². The highest BCUT2D eigenvalue weighted by molar-refractivity contribution is 6.09. The molecule has 0 radical (unpaired) electrons. The van der Waals surface area contributed by atoms with Crippen molar-refractivity contribution in [3.05, 3.63) is 71.8 Å². The number of hydrogen-bond acceptors (Lipinski definition) is 11. The molecule has 11 nitrogen and oxygen atoms in total. The number of rotatable bonds is 2. The molecule has 0 bridgehead atoms. The van der Waals surface area contributed by atoms with E-state index in [4.69, 9.17) is 47.4 Å². The minimum atomic E-state index is -0.204. The van der Waals surface area contributed by atoms with Crippen molar-refractivity contribution in [2.75, 3.05) is 92.5 Å². The average molecular weight is 611 g/mol. The lowest BCUT2D eigenvalue weighted by Crippen LogP contribution is -2.16. The van der Waals surface area contributed by atoms with Gasteiger partial charge in [0.1, 0.15) is 39.6 Å². The summed E-state index contributed by atoms with van der Waals surface area (Å²) in [6, 6.07) is 17.7. The molecule has 2 aliphatic heterocycles. The van der Waals surface area contributed by atoms with Crippen LogP contribution in [0.15, 0.2) is 60.7 Å². The Morgan fingerprint density at radius 2 is 0.659 bits per heavy atom. The average Bonchev–Trinajstić information content (AvgIpc) is 3.04. The van der Waals surface area contributed by atoms with Gasteiger partial charge in [0, 0.05) is 11.1 Å². The van der Waals surface area contributed by atoms with Crippen molar-refractivity contribution in [3.63, 3.8) is 0 Å². The molecular weight excluding hydrogens is 572 g/mol. The van der Waals surface area contributed by atoms with Crippen molar-refractivity contribution in [2.45, 2.75) is 0 Å². The van der Waals surface area contributed by atoms with Gasteiger partial charge in [-0.15, -0.1) is 0 Å². The van der Waals surface area contributed by atoms with E-state index in [2.05, 4.69) is 0 Å². The van der Waals surface area contributed by atoms with Crippen LogP contribution in [0.5, 0.6) is 34.5 Å². The van der Waals surface area contributed by atoms with E-state index in [0.29, 0.717) is 125 Å². The summed E-state index contributed by atoms with van der Waals surface area (Å²) in [5.74, 6) is 3.02. The molecular formula is C33H38O11. The monoisotopic (exact) mass is 610 g/mol. The molecule has 236 valence electrons. The van der Waals surface area contributed by atoms with Crippen LogP contribution in [0.1, 0.15) is 15.9 Å². The molecule has 0 amide bonds. The smallest absolute Gasteiger partial charge is 0.193 e. The lowest BCUT2D eigenvalue weighted by Gasteiger charge is -2.17. The Labute approximate surface area is 256 Å². The fourth-order valence-electron chi connectivity index (χ4n) is 4.41. The second-order valence-electron chi connectivity index (χ2n) is 9.64. The quantitative estimate of drug-likeness (QED) is 0.393. The second-order valence-corrected chi connectivity index (χ2v) is 9.64. The third kappa shape index (κ3) is 9.48. The molecule has 0 unspecified atom stereocenters. The first kappa shape index (κ1) is 31.4. The normalized spacial score (nSPS) is 17.5. The summed E-state index contributed by atoms with van der Waals surface area (Å²) in [5, 5.41) is 0. The van der Waals surface area contributed by atoms with Crippen LogP contribution < -0.4 is 28.4 Å². The maximum absolute atomic E-state index is 13.6. The molecule has 0 N–H and O–H groups in total. The second kappa shape index (κ2) is 17.3. The molecule has 3 aromatic carbocycles. The molecule has 3 aromatic rings. The molecule has 44 heavy (non-hydrogen) atoms. The van der Waals surface area contributed by atoms with Crippen LogP contribution in [-0.4, -0.2) is 98.3 Å². The predicted octanol–water partition coefficient (Wildman–Crippen LogP) is 3.98. The molecule has 0 aromatic heterocycles. The van der Waals surface area contributed by atoms with Gasteiger partial charge in [-0.25, -0.2) is 0 Å². The van der Waals surface area contributed by atoms with Gasteiger partial charge in [-0.2, -0.15) is 0 Å². The Hall–Kier alpha value is -4.03. The lowest BCUT2D eigenvalue weighted by atomic mass is 10.0. The Balaban J connectivity index is 1.25. The highest BCUT2D eigenvalue weighted by Gasteiger charge is 2.17. The predicted molar refractivity (Wildman–Crippen MR) is 159 cm³/mol. The minimum absolute atomic E-state index is 0.204. The van der Waals surface area contributed by atoms with Crippen LogP contribution >= 0.6 is 0 Å². The molecule has 5 rings (SSSR count). The van der Waals surface area contributed by atoms with Gasteiger partial charge in [0.05, 0.1) is 52.9 Å². The fourth-order valence-corrected chi connectivity index (χ4v) is 4.41. The first-order valence-corrected chi connectivity index (χ1v) is 14.8. The van der Waals surface area contributed by atoms with Crippen molar-refractivity contribution < 1.29 is 52.2 Å². The van der Waals surface area contributed by atoms with Gasteiger partial charge in [-0.05, 0) is 48.5 Å². The van der Waals surface area contributed by atoms with E-state index < -0.39 is 0 Å². The van der Waals surface area contributed by atoms with Gasteiger partial charge in [-0.1, -0.05) is 12.1 Å². The number of para-hydroxylation sites is 2. The van der Waals surface area contributed by atoms with E-state index in [1.807, 2.05) is 24.3 Å². The largest absolute Gasteiger partial charge is 0.487 e. The van der Waals surface area contributed by atoms with E-state index in [1.54, 1.807) is 36.4 Å². The summed E-state index contributed by atoms with van der Waals surface area (Å²) < 4.78 is 57.7. The van der Waals surface area contributed by atoms with Crippen LogP contribution in [0.2, 0.25) is 0 Å². The van der Waals surface area contributed by atoms with Gasteiger partial charge < -0.3 is 47.4 Å². The maximum atomic E-state index is 13.6. The van der Waals surface area contributed by atoms with Crippen molar-refractivity contribution in [3.8, 4) is 34.5 Å². The lowest BCUT2D eigenvalue weighted by molar-refractivity contribution is 0.0223. The Morgan fingerprint density at radius 3 is 1.02 bits per heavy atom. The van der Waals surface area contributed by atoms with Gasteiger partial charge in [0.25, 0.3) is 0 Å². The summed E-state index contributed by atoms with van der Waals surface area (Å²) in [5.41, 5.74) is 0.875. The number of ketones is 1. The molecule has 0 saturated heterocycles. The number of carbonyl (C=O) groups is 1. The zero-order chi connectivity index (χ0) is 30.2. The molecule has 0 atom stereocenters. The Kier molecular flexibility index (Phi) is 12.4. The summed E-state index contributed by atoms with van der Waals surface area (Å²) >= 11 is 0. The van der Waals surface area contributed by atoms with Crippen LogP contribution in [0.3, 0.4) is 0 Å². The number of ether oxygens (including phenoxy) is 10. The Bertz CT molecular complexity index is 1330. The number of fused-ring (bicyclic) bond motifs is 3. The van der Waals surface area contributed by atoms with E-state index in [-0.39, 0.29) is 19.0 Å². The molecule has 2 heterocycles. The molecule has 0 spiro atoms. The molecule has 0 aliphatic carbocycles. The standard InChI is InChI=1S/C33H38O11/c34-33(25-5-7-29-31(23-25)43-21-15-36-10-9-35-11-19-41-29)26-6-8-30-32(24-26)44-22-16-38-13-18-40-28-4-2-1-3-27(28)39-17-12-37-14-20-42-30/h1-8,23-24H,9-22H2. The molecule has 0 fully saturated rings. The maximum Gasteiger partial charge on any atom is 0.193 e. The highest BCUT2D eigenvalue weighted by Crippen LogP contribution is 2.33. The first-order valence-electron chi connectivity index (χ1n) is 14.8. The molecule has 11 heteroatoms. The summed E-state index contributed by atoms with van der Waals surface area (Å²) in [6.07, 6.45) is 0. The van der Waals surface area contributed by atoms with E-state index in [9.17, 15) is 4.79 Å². The van der Waals surface area contributed by atoms with Gasteiger partial charge in [0.2, 0.25) is 0 Å². The van der Waals surface area contributed by atoms with Crippen molar-refractivity contribution in [2.24, 2.45) is 0 Å². The highest BCUT2D eigenvalue weighted by atomic mass is 16.6. The van der Waals surface area contributed by atoms with Crippen LogP contribution in [0, 0.1) is 0 Å². The Morgan fingerprint density at radius 1 is 0.364 bits per heavy atom. The summed E-state index contributed by atoms with van der Waals surface area (Å²) in [6.45, 7) is 5.15. The van der Waals surface area contributed by atoms with Gasteiger partial charge in [0.15, 0.2) is 40.3 Å². The van der Waals surface area contributed by atoms with Crippen LogP contribution in [0.25, 0.3) is 0 Å². The SMILES string of the molecule is O=C(c1ccc2c(c1)OCCOCCOCCO2)c1ccc2c(c1)OCCOCCOc1ccccc1OCCOCCO2. The van der Waals surface area contributed by atoms with Crippen molar-refractivity contribution in [1.29, 1.82) is 0 Å². The minimum Gasteiger partial charge on any atom is -0.487 e. The molecule has 2 aliphatic rings. The summed E-state index contributed by atoms with van der Waals surface area (Å²) in [4.78, 5) is 13.6. The van der Waals surface area contributed by atoms with E-state index in [0.717, 1.165) is 0 Å². The van der Waals surface area contributed by atoms with Crippen molar-refractivity contribution in [1.82, 2.24) is 0 Å². The third-order valence-corrected chi connectivity index (χ3v) is 6.54. The van der Waals surface area contributed by atoms with Crippen LogP contribution in [0.4, 0.5) is 0 Å². The third-order valence-electron chi connectivity index (χ3n) is 6.54.